The molecule has 6 rings (SSSR count). The second kappa shape index (κ2) is 12.5. The molecule has 0 bridgehead atoms. The summed E-state index contributed by atoms with van der Waals surface area (Å²) in [4.78, 5) is 29.7. The SMILES string of the molecule is CN1CCN(Cc2cc(CNC(=O)C3=CC=CC(C)(Nc4cc(-c5ccncc5)nc5[nH]ccc45)C3)cc(C(F)(F)F)c2)CC1. The number of nitrogens with zero attached hydrogens (tertiary/aromatic N) is 4. The van der Waals surface area contributed by atoms with Crippen molar-refractivity contribution in [3.63, 3.8) is 0 Å². The number of piperazine rings is 1. The molecule has 1 amide bonds. The molecule has 45 heavy (non-hydrogen) atoms. The number of likely N-dealkylation sites (N-methyl/N-ethyl adjacent to an activating group) is 1. The fraction of sp³-hybridized carbons (Fsp3) is 0.324. The number of carbonyl (C=O) groups is 1. The van der Waals surface area contributed by atoms with Gasteiger partial charge in [-0.1, -0.05) is 24.3 Å². The Morgan fingerprint density at radius 3 is 2.56 bits per heavy atom. The zero-order chi connectivity index (χ0) is 31.6. The molecule has 4 aromatic rings. The third-order valence-corrected chi connectivity index (χ3v) is 8.37. The van der Waals surface area contributed by atoms with Crippen molar-refractivity contribution in [3.05, 3.63) is 102 Å². The largest absolute Gasteiger partial charge is 0.416 e. The molecule has 1 aromatic carbocycles. The minimum atomic E-state index is -4.48. The Kier molecular flexibility index (Phi) is 8.48. The van der Waals surface area contributed by atoms with E-state index < -0.39 is 17.3 Å². The van der Waals surface area contributed by atoms with Gasteiger partial charge >= 0.3 is 6.18 Å². The van der Waals surface area contributed by atoms with Crippen LogP contribution in [0.5, 0.6) is 0 Å². The van der Waals surface area contributed by atoms with E-state index in [9.17, 15) is 18.0 Å². The molecule has 1 saturated heterocycles. The molecule has 2 aliphatic rings. The molecule has 1 fully saturated rings. The van der Waals surface area contributed by atoms with Crippen molar-refractivity contribution in [2.45, 2.75) is 38.1 Å². The number of hydrogen-bond acceptors (Lipinski definition) is 6. The number of rotatable bonds is 8. The number of hydrogen-bond donors (Lipinski definition) is 3. The molecule has 0 radical (unpaired) electrons. The van der Waals surface area contributed by atoms with Gasteiger partial charge in [-0.2, -0.15) is 13.2 Å². The van der Waals surface area contributed by atoms with Gasteiger partial charge in [-0.3, -0.25) is 14.7 Å². The van der Waals surface area contributed by atoms with Crippen molar-refractivity contribution >= 4 is 22.6 Å². The van der Waals surface area contributed by atoms with Gasteiger partial charge in [-0.25, -0.2) is 4.98 Å². The highest BCUT2D eigenvalue weighted by molar-refractivity contribution is 5.95. The Morgan fingerprint density at radius 1 is 1.04 bits per heavy atom. The first-order valence-electron chi connectivity index (χ1n) is 15.0. The van der Waals surface area contributed by atoms with Gasteiger partial charge < -0.3 is 20.5 Å². The number of benzene rings is 1. The van der Waals surface area contributed by atoms with Gasteiger partial charge in [-0.15, -0.1) is 0 Å². The monoisotopic (exact) mass is 615 g/mol. The number of nitrogens with one attached hydrogen (secondary N) is 3. The van der Waals surface area contributed by atoms with Crippen LogP contribution in [0.25, 0.3) is 22.3 Å². The molecule has 0 spiro atoms. The van der Waals surface area contributed by atoms with Gasteiger partial charge in [0.2, 0.25) is 5.91 Å². The van der Waals surface area contributed by atoms with Crippen LogP contribution in [0.4, 0.5) is 18.9 Å². The fourth-order valence-corrected chi connectivity index (χ4v) is 5.93. The van der Waals surface area contributed by atoms with Crippen molar-refractivity contribution in [2.75, 3.05) is 38.5 Å². The van der Waals surface area contributed by atoms with Crippen LogP contribution in [0.15, 0.2) is 84.9 Å². The Bertz CT molecular complexity index is 1740. The highest BCUT2D eigenvalue weighted by Crippen LogP contribution is 2.34. The number of halogens is 3. The van der Waals surface area contributed by atoms with Gasteiger partial charge in [0.15, 0.2) is 0 Å². The lowest BCUT2D eigenvalue weighted by Crippen LogP contribution is -2.43. The number of aromatic amines is 1. The van der Waals surface area contributed by atoms with Gasteiger partial charge in [-0.05, 0) is 61.5 Å². The summed E-state index contributed by atoms with van der Waals surface area (Å²) in [5, 5.41) is 7.39. The minimum absolute atomic E-state index is 0.00664. The van der Waals surface area contributed by atoms with Gasteiger partial charge in [0, 0.05) is 86.5 Å². The van der Waals surface area contributed by atoms with E-state index in [4.69, 9.17) is 4.98 Å². The lowest BCUT2D eigenvalue weighted by Gasteiger charge is -2.32. The zero-order valence-corrected chi connectivity index (χ0v) is 25.3. The van der Waals surface area contributed by atoms with Crippen molar-refractivity contribution in [1.29, 1.82) is 0 Å². The highest BCUT2D eigenvalue weighted by Gasteiger charge is 2.32. The normalized spacial score (nSPS) is 19.4. The third kappa shape index (κ3) is 7.26. The summed E-state index contributed by atoms with van der Waals surface area (Å²) in [5.41, 5.74) is 3.54. The number of alkyl halides is 3. The number of aromatic nitrogens is 3. The summed E-state index contributed by atoms with van der Waals surface area (Å²) in [7, 11) is 2.04. The predicted octanol–water partition coefficient (Wildman–Crippen LogP) is 5.76. The Balaban J connectivity index is 1.15. The van der Waals surface area contributed by atoms with Gasteiger partial charge in [0.1, 0.15) is 5.65 Å². The molecule has 1 unspecified atom stereocenters. The molecule has 3 aromatic heterocycles. The van der Waals surface area contributed by atoms with E-state index in [-0.39, 0.29) is 12.5 Å². The van der Waals surface area contributed by atoms with E-state index in [2.05, 4.69) is 30.4 Å². The lowest BCUT2D eigenvalue weighted by atomic mass is 9.87. The molecule has 8 nitrogen and oxygen atoms in total. The van der Waals surface area contributed by atoms with Crippen LogP contribution in [0.2, 0.25) is 0 Å². The summed E-state index contributed by atoms with van der Waals surface area (Å²) in [5.74, 6) is -0.315. The number of anilines is 1. The maximum absolute atomic E-state index is 13.8. The third-order valence-electron chi connectivity index (χ3n) is 8.37. The Labute approximate surface area is 260 Å². The first kappa shape index (κ1) is 30.5. The first-order chi connectivity index (χ1) is 21.5. The van der Waals surface area contributed by atoms with Gasteiger partial charge in [0.25, 0.3) is 0 Å². The topological polar surface area (TPSA) is 89.2 Å². The smallest absolute Gasteiger partial charge is 0.375 e. The standard InChI is InChI=1S/C34H36F3N7O/c1-33(42-30-19-29(25-5-9-38-10-6-25)41-31-28(30)7-11-39-31)8-3-4-26(20-33)32(45)40-21-23-16-24(18-27(17-23)34(35,36)37)22-44-14-12-43(2)13-15-44/h3-11,16-19H,12-15,20-22H2,1-2H3,(H,40,45)(H2,39,41,42). The Hall–Kier alpha value is -4.48. The van der Waals surface area contributed by atoms with Crippen LogP contribution >= 0.6 is 0 Å². The molecule has 1 aliphatic heterocycles. The van der Waals surface area contributed by atoms with Crippen LogP contribution in [0.1, 0.15) is 30.0 Å². The molecular weight excluding hydrogens is 579 g/mol. The van der Waals surface area contributed by atoms with Gasteiger partial charge in [0.05, 0.1) is 16.8 Å². The van der Waals surface area contributed by atoms with Crippen molar-refractivity contribution < 1.29 is 18.0 Å². The summed E-state index contributed by atoms with van der Waals surface area (Å²) < 4.78 is 41.4. The van der Waals surface area contributed by atoms with Crippen LogP contribution in [0.3, 0.4) is 0 Å². The van der Waals surface area contributed by atoms with Crippen LogP contribution in [-0.2, 0) is 24.1 Å². The summed E-state index contributed by atoms with van der Waals surface area (Å²) in [6.45, 7) is 5.79. The number of H-pyrrole nitrogens is 1. The number of fused-ring (bicyclic) bond motifs is 1. The second-order valence-corrected chi connectivity index (χ2v) is 12.1. The lowest BCUT2D eigenvalue weighted by molar-refractivity contribution is -0.137. The predicted molar refractivity (Wildman–Crippen MR) is 169 cm³/mol. The van der Waals surface area contributed by atoms with E-state index in [1.54, 1.807) is 24.5 Å². The summed E-state index contributed by atoms with van der Waals surface area (Å²) >= 11 is 0. The molecule has 234 valence electrons. The van der Waals surface area contributed by atoms with Crippen LogP contribution in [-0.4, -0.2) is 69.4 Å². The summed E-state index contributed by atoms with van der Waals surface area (Å²) in [6, 6.07) is 11.8. The minimum Gasteiger partial charge on any atom is -0.375 e. The number of allylic oxidation sites excluding steroid dienone is 2. The van der Waals surface area contributed by atoms with Crippen molar-refractivity contribution in [2.24, 2.45) is 0 Å². The number of carbonyl (C=O) groups excluding carboxylic acids is 1. The van der Waals surface area contributed by atoms with E-state index in [1.165, 1.54) is 6.07 Å². The van der Waals surface area contributed by atoms with E-state index >= 15 is 0 Å². The Morgan fingerprint density at radius 2 is 1.80 bits per heavy atom. The number of amides is 1. The molecule has 4 heterocycles. The summed E-state index contributed by atoms with van der Waals surface area (Å²) in [6.07, 6.45) is 6.78. The fourth-order valence-electron chi connectivity index (χ4n) is 5.93. The molecule has 0 saturated carbocycles. The molecule has 11 heteroatoms. The van der Waals surface area contributed by atoms with E-state index in [1.807, 2.05) is 56.6 Å². The average molecular weight is 616 g/mol. The first-order valence-corrected chi connectivity index (χ1v) is 15.0. The van der Waals surface area contributed by atoms with Crippen LogP contribution in [0, 0.1) is 0 Å². The molecular formula is C34H36F3N7O. The highest BCUT2D eigenvalue weighted by atomic mass is 19.4. The van der Waals surface area contributed by atoms with E-state index in [0.717, 1.165) is 60.2 Å². The average Bonchev–Trinajstić information content (AvgIpc) is 3.50. The van der Waals surface area contributed by atoms with E-state index in [0.29, 0.717) is 29.7 Å². The second-order valence-electron chi connectivity index (χ2n) is 12.1. The van der Waals surface area contributed by atoms with Crippen LogP contribution < -0.4 is 10.6 Å². The van der Waals surface area contributed by atoms with Crippen molar-refractivity contribution in [3.8, 4) is 11.3 Å². The maximum Gasteiger partial charge on any atom is 0.416 e. The van der Waals surface area contributed by atoms with Crippen molar-refractivity contribution in [1.82, 2.24) is 30.1 Å². The zero-order valence-electron chi connectivity index (χ0n) is 25.3. The maximum atomic E-state index is 13.8. The number of pyridine rings is 2. The molecule has 1 atom stereocenters. The quantitative estimate of drug-likeness (QED) is 0.234. The molecule has 1 aliphatic carbocycles. The molecule has 3 N–H and O–H groups in total.